The molecule has 0 aromatic rings. The van der Waals surface area contributed by atoms with Crippen molar-refractivity contribution in [3.63, 3.8) is 0 Å². The lowest BCUT2D eigenvalue weighted by Gasteiger charge is -2.52. The Bertz CT molecular complexity index is 241. The van der Waals surface area contributed by atoms with E-state index in [4.69, 9.17) is 10.5 Å². The van der Waals surface area contributed by atoms with Gasteiger partial charge in [-0.1, -0.05) is 12.2 Å². The van der Waals surface area contributed by atoms with Crippen LogP contribution < -0.4 is 5.73 Å². The van der Waals surface area contributed by atoms with Crippen LogP contribution in [0.3, 0.4) is 0 Å². The van der Waals surface area contributed by atoms with Crippen molar-refractivity contribution in [2.75, 3.05) is 13.7 Å². The van der Waals surface area contributed by atoms with Crippen LogP contribution in [0.4, 0.5) is 0 Å². The maximum absolute atomic E-state index is 10.3. The maximum atomic E-state index is 10.3. The highest BCUT2D eigenvalue weighted by Gasteiger charge is 2.54. The zero-order valence-corrected chi connectivity index (χ0v) is 7.99. The van der Waals surface area contributed by atoms with Gasteiger partial charge in [-0.2, -0.15) is 0 Å². The van der Waals surface area contributed by atoms with Gasteiger partial charge in [0.25, 0.3) is 0 Å². The molecule has 0 aliphatic heterocycles. The monoisotopic (exact) mass is 183 g/mol. The van der Waals surface area contributed by atoms with Gasteiger partial charge in [0.15, 0.2) is 0 Å². The lowest BCUT2D eigenvalue weighted by Crippen LogP contribution is -2.63. The van der Waals surface area contributed by atoms with E-state index in [1.165, 1.54) is 0 Å². The van der Waals surface area contributed by atoms with Crippen LogP contribution in [0.1, 0.15) is 19.3 Å². The first-order chi connectivity index (χ1) is 6.16. The zero-order valence-electron chi connectivity index (χ0n) is 7.99. The second-order valence-electron chi connectivity index (χ2n) is 4.19. The van der Waals surface area contributed by atoms with Crippen LogP contribution in [0.25, 0.3) is 0 Å². The second kappa shape index (κ2) is 2.80. The zero-order chi connectivity index (χ0) is 9.53. The van der Waals surface area contributed by atoms with Crippen molar-refractivity contribution in [3.8, 4) is 0 Å². The number of ether oxygens (including phenoxy) is 1. The Morgan fingerprint density at radius 3 is 2.85 bits per heavy atom. The Morgan fingerprint density at radius 1 is 1.69 bits per heavy atom. The molecule has 1 fully saturated rings. The van der Waals surface area contributed by atoms with E-state index in [2.05, 4.69) is 6.08 Å². The van der Waals surface area contributed by atoms with Gasteiger partial charge in [0, 0.05) is 13.7 Å². The van der Waals surface area contributed by atoms with Crippen LogP contribution in [0.5, 0.6) is 0 Å². The fourth-order valence-corrected chi connectivity index (χ4v) is 2.65. The molecule has 0 heterocycles. The molecule has 3 nitrogen and oxygen atoms in total. The molecule has 3 aliphatic carbocycles. The average Bonchev–Trinajstić information content (AvgIpc) is 2.19. The van der Waals surface area contributed by atoms with Gasteiger partial charge < -0.3 is 15.6 Å². The Kier molecular flexibility index (Phi) is 1.98. The van der Waals surface area contributed by atoms with Crippen molar-refractivity contribution in [2.45, 2.75) is 30.5 Å². The first kappa shape index (κ1) is 9.19. The molecule has 0 spiro atoms. The molecule has 3 atom stereocenters. The van der Waals surface area contributed by atoms with Crippen molar-refractivity contribution in [2.24, 2.45) is 11.7 Å². The molecule has 3 heteroatoms. The normalized spacial score (nSPS) is 48.4. The van der Waals surface area contributed by atoms with Crippen molar-refractivity contribution in [1.82, 2.24) is 0 Å². The molecular formula is C10H17NO2. The predicted molar refractivity (Wildman–Crippen MR) is 50.2 cm³/mol. The Hall–Kier alpha value is -0.380. The van der Waals surface area contributed by atoms with E-state index in [1.54, 1.807) is 7.11 Å². The number of hydrogen-bond acceptors (Lipinski definition) is 3. The van der Waals surface area contributed by atoms with Crippen molar-refractivity contribution in [1.29, 1.82) is 0 Å². The van der Waals surface area contributed by atoms with E-state index in [1.807, 2.05) is 6.08 Å². The van der Waals surface area contributed by atoms with Gasteiger partial charge in [0.2, 0.25) is 0 Å². The third-order valence-corrected chi connectivity index (χ3v) is 3.61. The Labute approximate surface area is 78.6 Å². The summed E-state index contributed by atoms with van der Waals surface area (Å²) in [7, 11) is 1.65. The van der Waals surface area contributed by atoms with Crippen molar-refractivity contribution in [3.05, 3.63) is 12.2 Å². The number of nitrogens with two attached hydrogens (primary N) is 1. The quantitative estimate of drug-likeness (QED) is 0.610. The molecule has 1 saturated carbocycles. The molecular weight excluding hydrogens is 166 g/mol. The summed E-state index contributed by atoms with van der Waals surface area (Å²) >= 11 is 0. The number of aliphatic hydroxyl groups is 1. The highest BCUT2D eigenvalue weighted by Crippen LogP contribution is 2.47. The molecule has 0 aromatic carbocycles. The van der Waals surface area contributed by atoms with E-state index >= 15 is 0 Å². The van der Waals surface area contributed by atoms with E-state index in [-0.39, 0.29) is 6.54 Å². The SMILES string of the molecule is COC12C=CC(CC1)CC2(O)CN. The van der Waals surface area contributed by atoms with E-state index in [0.717, 1.165) is 19.3 Å². The molecule has 3 N–H and O–H groups in total. The van der Waals surface area contributed by atoms with Crippen molar-refractivity contribution >= 4 is 0 Å². The van der Waals surface area contributed by atoms with Gasteiger partial charge in [-0.3, -0.25) is 0 Å². The Morgan fingerprint density at radius 2 is 2.46 bits per heavy atom. The minimum Gasteiger partial charge on any atom is -0.385 e. The Balaban J connectivity index is 2.37. The molecule has 3 unspecified atom stereocenters. The second-order valence-corrected chi connectivity index (χ2v) is 4.19. The summed E-state index contributed by atoms with van der Waals surface area (Å²) in [6.07, 6.45) is 6.88. The van der Waals surface area contributed by atoms with Gasteiger partial charge in [-0.05, 0) is 25.2 Å². The molecule has 74 valence electrons. The molecule has 2 bridgehead atoms. The summed E-state index contributed by atoms with van der Waals surface area (Å²) < 4.78 is 5.46. The standard InChI is InChI=1S/C10H17NO2/c1-13-10-4-2-8(3-5-10)6-9(10,12)7-11/h2,4,8,12H,3,5-7,11H2,1H3. The summed E-state index contributed by atoms with van der Waals surface area (Å²) in [6.45, 7) is 0.279. The maximum Gasteiger partial charge on any atom is 0.116 e. The predicted octanol–water partition coefficient (Wildman–Crippen LogP) is 0.431. The van der Waals surface area contributed by atoms with Crippen LogP contribution in [0.2, 0.25) is 0 Å². The summed E-state index contributed by atoms with van der Waals surface area (Å²) in [4.78, 5) is 0. The number of methoxy groups -OCH3 is 1. The number of hydrogen-bond donors (Lipinski definition) is 2. The summed E-state index contributed by atoms with van der Waals surface area (Å²) in [5.41, 5.74) is 4.26. The minimum absolute atomic E-state index is 0.279. The summed E-state index contributed by atoms with van der Waals surface area (Å²) in [5.74, 6) is 0.491. The topological polar surface area (TPSA) is 55.5 Å². The summed E-state index contributed by atoms with van der Waals surface area (Å²) in [5, 5.41) is 10.3. The minimum atomic E-state index is -0.848. The van der Waals surface area contributed by atoms with E-state index in [0.29, 0.717) is 5.92 Å². The molecule has 0 saturated heterocycles. The van der Waals surface area contributed by atoms with Crippen LogP contribution in [-0.2, 0) is 4.74 Å². The van der Waals surface area contributed by atoms with Gasteiger partial charge in [0.05, 0.1) is 0 Å². The van der Waals surface area contributed by atoms with Gasteiger partial charge in [0.1, 0.15) is 11.2 Å². The van der Waals surface area contributed by atoms with Crippen molar-refractivity contribution < 1.29 is 9.84 Å². The highest BCUT2D eigenvalue weighted by atomic mass is 16.5. The molecule has 13 heavy (non-hydrogen) atoms. The molecule has 0 radical (unpaired) electrons. The lowest BCUT2D eigenvalue weighted by atomic mass is 9.63. The third kappa shape index (κ3) is 1.08. The average molecular weight is 183 g/mol. The van der Waals surface area contributed by atoms with E-state index < -0.39 is 11.2 Å². The third-order valence-electron chi connectivity index (χ3n) is 3.61. The molecule has 0 amide bonds. The van der Waals surface area contributed by atoms with Crippen LogP contribution >= 0.6 is 0 Å². The van der Waals surface area contributed by atoms with Crippen LogP contribution in [0, 0.1) is 5.92 Å². The summed E-state index contributed by atoms with van der Waals surface area (Å²) in [6, 6.07) is 0. The number of rotatable bonds is 2. The largest absolute Gasteiger partial charge is 0.385 e. The van der Waals surface area contributed by atoms with Crippen LogP contribution in [-0.4, -0.2) is 30.0 Å². The molecule has 0 aromatic heterocycles. The number of fused-ring (bicyclic) bond motifs is 2. The molecule has 3 rings (SSSR count). The highest BCUT2D eigenvalue weighted by molar-refractivity contribution is 5.23. The van der Waals surface area contributed by atoms with E-state index in [9.17, 15) is 5.11 Å². The smallest absolute Gasteiger partial charge is 0.116 e. The van der Waals surface area contributed by atoms with Gasteiger partial charge in [-0.25, -0.2) is 0 Å². The van der Waals surface area contributed by atoms with Crippen LogP contribution in [0.15, 0.2) is 12.2 Å². The first-order valence-corrected chi connectivity index (χ1v) is 4.83. The lowest BCUT2D eigenvalue weighted by molar-refractivity contribution is -0.172. The van der Waals surface area contributed by atoms with Gasteiger partial charge >= 0.3 is 0 Å². The number of allylic oxidation sites excluding steroid dienone is 1. The first-order valence-electron chi connectivity index (χ1n) is 4.83. The van der Waals surface area contributed by atoms with Gasteiger partial charge in [-0.15, -0.1) is 0 Å². The fourth-order valence-electron chi connectivity index (χ4n) is 2.65. The molecule has 3 aliphatic rings. The fraction of sp³-hybridized carbons (Fsp3) is 0.800.